The van der Waals surface area contributed by atoms with E-state index in [9.17, 15) is 4.79 Å². The molecule has 0 spiro atoms. The summed E-state index contributed by atoms with van der Waals surface area (Å²) in [6.45, 7) is 1.95. The summed E-state index contributed by atoms with van der Waals surface area (Å²) in [5.41, 5.74) is 0. The molecule has 80 valence electrons. The SMILES string of the molecule is C#CCC(CC)NC(=O)c1nnc(Cl)s1. The van der Waals surface area contributed by atoms with Gasteiger partial charge >= 0.3 is 0 Å². The van der Waals surface area contributed by atoms with Crippen LogP contribution in [0.2, 0.25) is 4.47 Å². The summed E-state index contributed by atoms with van der Waals surface area (Å²) in [5.74, 6) is 2.23. The highest BCUT2D eigenvalue weighted by Gasteiger charge is 2.15. The standard InChI is InChI=1S/C9H10ClN3OS/c1-3-5-6(4-2)11-7(14)8-12-13-9(10)15-8/h1,6H,4-5H2,2H3,(H,11,14). The smallest absolute Gasteiger partial charge is 0.282 e. The minimum Gasteiger partial charge on any atom is -0.346 e. The number of carbonyl (C=O) groups is 1. The maximum Gasteiger partial charge on any atom is 0.282 e. The van der Waals surface area contributed by atoms with E-state index in [4.69, 9.17) is 18.0 Å². The summed E-state index contributed by atoms with van der Waals surface area (Å²) < 4.78 is 0.255. The molecule has 1 rings (SSSR count). The Labute approximate surface area is 97.0 Å². The van der Waals surface area contributed by atoms with E-state index in [1.807, 2.05) is 6.92 Å². The third-order valence-corrected chi connectivity index (χ3v) is 2.80. The molecule has 1 aromatic rings. The van der Waals surface area contributed by atoms with Crippen LogP contribution in [0.4, 0.5) is 0 Å². The lowest BCUT2D eigenvalue weighted by Gasteiger charge is -2.12. The molecule has 0 aliphatic heterocycles. The molecule has 6 heteroatoms. The molecule has 1 amide bonds. The van der Waals surface area contributed by atoms with Crippen LogP contribution in [0.25, 0.3) is 0 Å². The van der Waals surface area contributed by atoms with Crippen LogP contribution in [-0.4, -0.2) is 22.1 Å². The Bertz CT molecular complexity index is 385. The van der Waals surface area contributed by atoms with E-state index in [0.717, 1.165) is 17.8 Å². The van der Waals surface area contributed by atoms with Crippen LogP contribution in [0.15, 0.2) is 0 Å². The van der Waals surface area contributed by atoms with Gasteiger partial charge in [-0.25, -0.2) is 0 Å². The maximum atomic E-state index is 11.6. The van der Waals surface area contributed by atoms with E-state index < -0.39 is 0 Å². The van der Waals surface area contributed by atoms with Gasteiger partial charge in [-0.15, -0.1) is 22.5 Å². The number of amides is 1. The van der Waals surface area contributed by atoms with Gasteiger partial charge in [-0.1, -0.05) is 18.3 Å². The predicted octanol–water partition coefficient (Wildman–Crippen LogP) is 1.72. The molecule has 0 aliphatic rings. The fourth-order valence-electron chi connectivity index (χ4n) is 0.984. The zero-order valence-electron chi connectivity index (χ0n) is 8.16. The molecule has 0 radical (unpaired) electrons. The quantitative estimate of drug-likeness (QED) is 0.820. The van der Waals surface area contributed by atoms with Crippen LogP contribution >= 0.6 is 22.9 Å². The minimum atomic E-state index is -0.276. The van der Waals surface area contributed by atoms with Crippen LogP contribution in [0.5, 0.6) is 0 Å². The third kappa shape index (κ3) is 3.50. The van der Waals surface area contributed by atoms with Gasteiger partial charge in [-0.3, -0.25) is 4.79 Å². The minimum absolute atomic E-state index is 0.0230. The summed E-state index contributed by atoms with van der Waals surface area (Å²) in [5, 5.41) is 10.2. The third-order valence-electron chi connectivity index (χ3n) is 1.79. The molecular weight excluding hydrogens is 234 g/mol. The van der Waals surface area contributed by atoms with Crippen molar-refractivity contribution in [2.75, 3.05) is 0 Å². The second-order valence-electron chi connectivity index (χ2n) is 2.85. The Morgan fingerprint density at radius 3 is 2.93 bits per heavy atom. The van der Waals surface area contributed by atoms with Gasteiger partial charge in [-0.2, -0.15) is 0 Å². The molecule has 0 saturated heterocycles. The van der Waals surface area contributed by atoms with Crippen molar-refractivity contribution in [1.29, 1.82) is 0 Å². The van der Waals surface area contributed by atoms with Crippen molar-refractivity contribution in [3.8, 4) is 12.3 Å². The summed E-state index contributed by atoms with van der Waals surface area (Å²) in [7, 11) is 0. The fraction of sp³-hybridized carbons (Fsp3) is 0.444. The van der Waals surface area contributed by atoms with E-state index in [0.29, 0.717) is 6.42 Å². The van der Waals surface area contributed by atoms with E-state index >= 15 is 0 Å². The average molecular weight is 244 g/mol. The van der Waals surface area contributed by atoms with E-state index in [1.54, 1.807) is 0 Å². The van der Waals surface area contributed by atoms with Crippen molar-refractivity contribution in [2.45, 2.75) is 25.8 Å². The van der Waals surface area contributed by atoms with E-state index in [-0.39, 0.29) is 21.4 Å². The van der Waals surface area contributed by atoms with Gasteiger partial charge in [0.05, 0.1) is 0 Å². The van der Waals surface area contributed by atoms with Crippen molar-refractivity contribution in [3.05, 3.63) is 9.47 Å². The number of halogens is 1. The summed E-state index contributed by atoms with van der Waals surface area (Å²) >= 11 is 6.61. The molecule has 1 unspecified atom stereocenters. The van der Waals surface area contributed by atoms with Crippen molar-refractivity contribution in [2.24, 2.45) is 0 Å². The Morgan fingerprint density at radius 1 is 1.73 bits per heavy atom. The number of nitrogens with one attached hydrogen (secondary N) is 1. The van der Waals surface area contributed by atoms with Gasteiger partial charge in [0.1, 0.15) is 0 Å². The number of hydrogen-bond acceptors (Lipinski definition) is 4. The van der Waals surface area contributed by atoms with Crippen molar-refractivity contribution < 1.29 is 4.79 Å². The van der Waals surface area contributed by atoms with Gasteiger partial charge in [0.15, 0.2) is 0 Å². The highest BCUT2D eigenvalue weighted by atomic mass is 35.5. The fourth-order valence-corrected chi connectivity index (χ4v) is 1.72. The topological polar surface area (TPSA) is 54.9 Å². The summed E-state index contributed by atoms with van der Waals surface area (Å²) in [6, 6.07) is -0.0230. The van der Waals surface area contributed by atoms with Crippen LogP contribution in [0.1, 0.15) is 29.6 Å². The number of rotatable bonds is 4. The first-order chi connectivity index (χ1) is 7.17. The molecule has 0 bridgehead atoms. The first-order valence-electron chi connectivity index (χ1n) is 4.40. The zero-order valence-corrected chi connectivity index (χ0v) is 9.73. The van der Waals surface area contributed by atoms with Gasteiger partial charge in [0, 0.05) is 12.5 Å². The zero-order chi connectivity index (χ0) is 11.3. The van der Waals surface area contributed by atoms with Crippen LogP contribution in [0, 0.1) is 12.3 Å². The molecule has 15 heavy (non-hydrogen) atoms. The van der Waals surface area contributed by atoms with Crippen molar-refractivity contribution >= 4 is 28.8 Å². The van der Waals surface area contributed by atoms with Gasteiger partial charge in [0.25, 0.3) is 5.91 Å². The van der Waals surface area contributed by atoms with Crippen LogP contribution in [-0.2, 0) is 0 Å². The lowest BCUT2D eigenvalue weighted by Crippen LogP contribution is -2.34. The van der Waals surface area contributed by atoms with E-state index in [2.05, 4.69) is 21.4 Å². The van der Waals surface area contributed by atoms with Gasteiger partial charge < -0.3 is 5.32 Å². The predicted molar refractivity (Wildman–Crippen MR) is 59.9 cm³/mol. The first kappa shape index (κ1) is 12.0. The monoisotopic (exact) mass is 243 g/mol. The number of aromatic nitrogens is 2. The first-order valence-corrected chi connectivity index (χ1v) is 5.60. The largest absolute Gasteiger partial charge is 0.346 e. The lowest BCUT2D eigenvalue weighted by molar-refractivity contribution is 0.0935. The molecule has 0 fully saturated rings. The maximum absolute atomic E-state index is 11.6. The molecule has 1 heterocycles. The second kappa shape index (κ2) is 5.69. The number of nitrogens with zero attached hydrogens (tertiary/aromatic N) is 2. The number of carbonyl (C=O) groups excluding carboxylic acids is 1. The Hall–Kier alpha value is -1.12. The van der Waals surface area contributed by atoms with Crippen molar-refractivity contribution in [1.82, 2.24) is 15.5 Å². The Morgan fingerprint density at radius 2 is 2.47 bits per heavy atom. The summed E-state index contributed by atoms with van der Waals surface area (Å²) in [4.78, 5) is 11.6. The molecule has 1 atom stereocenters. The molecule has 1 N–H and O–H groups in total. The Balaban J connectivity index is 2.59. The normalized spacial score (nSPS) is 11.8. The molecular formula is C9H10ClN3OS. The van der Waals surface area contributed by atoms with Crippen LogP contribution < -0.4 is 5.32 Å². The van der Waals surface area contributed by atoms with Crippen molar-refractivity contribution in [3.63, 3.8) is 0 Å². The highest BCUT2D eigenvalue weighted by Crippen LogP contribution is 2.14. The molecule has 0 aliphatic carbocycles. The average Bonchev–Trinajstić information content (AvgIpc) is 2.64. The van der Waals surface area contributed by atoms with Gasteiger partial charge in [0.2, 0.25) is 9.47 Å². The second-order valence-corrected chi connectivity index (χ2v) is 4.41. The molecule has 0 aromatic carbocycles. The number of hydrogen-bond donors (Lipinski definition) is 1. The molecule has 4 nitrogen and oxygen atoms in total. The Kier molecular flexibility index (Phi) is 4.53. The van der Waals surface area contributed by atoms with Crippen LogP contribution in [0.3, 0.4) is 0 Å². The van der Waals surface area contributed by atoms with E-state index in [1.165, 1.54) is 0 Å². The molecule has 0 saturated carbocycles. The summed E-state index contributed by atoms with van der Waals surface area (Å²) in [6.07, 6.45) is 6.46. The van der Waals surface area contributed by atoms with Gasteiger partial charge in [-0.05, 0) is 18.0 Å². The number of terminal acetylenes is 1. The lowest BCUT2D eigenvalue weighted by atomic mass is 10.1. The highest BCUT2D eigenvalue weighted by molar-refractivity contribution is 7.17. The molecule has 1 aromatic heterocycles.